The summed E-state index contributed by atoms with van der Waals surface area (Å²) in [5.74, 6) is 1.17. The maximum Gasteiger partial charge on any atom is 0.323 e. The minimum Gasteiger partial charge on any atom is -0.468 e. The van der Waals surface area contributed by atoms with E-state index >= 15 is 0 Å². The van der Waals surface area contributed by atoms with E-state index in [1.165, 1.54) is 13.5 Å². The highest BCUT2D eigenvalue weighted by Crippen LogP contribution is 2.33. The Balaban J connectivity index is 2.17. The Kier molecular flexibility index (Phi) is 5.09. The van der Waals surface area contributed by atoms with E-state index in [0.717, 1.165) is 31.7 Å². The van der Waals surface area contributed by atoms with E-state index in [1.54, 1.807) is 0 Å². The molecule has 88 valence electrons. The van der Waals surface area contributed by atoms with Gasteiger partial charge in [0, 0.05) is 0 Å². The molecule has 1 fully saturated rings. The molecule has 3 nitrogen and oxygen atoms in total. The van der Waals surface area contributed by atoms with Crippen LogP contribution in [0, 0.1) is 11.8 Å². The van der Waals surface area contributed by atoms with Gasteiger partial charge in [0.1, 0.15) is 6.04 Å². The van der Waals surface area contributed by atoms with E-state index in [-0.39, 0.29) is 12.0 Å². The van der Waals surface area contributed by atoms with Crippen molar-refractivity contribution < 1.29 is 9.53 Å². The first-order chi connectivity index (χ1) is 7.15. The van der Waals surface area contributed by atoms with Gasteiger partial charge in [0.05, 0.1) is 7.11 Å². The molecule has 1 aliphatic carbocycles. The highest BCUT2D eigenvalue weighted by molar-refractivity contribution is 5.76. The summed E-state index contributed by atoms with van der Waals surface area (Å²) in [6.45, 7) is 5.37. The number of hydrogen-bond acceptors (Lipinski definition) is 3. The van der Waals surface area contributed by atoms with E-state index in [9.17, 15) is 4.79 Å². The molecule has 0 bridgehead atoms. The third kappa shape index (κ3) is 4.65. The molecule has 0 aromatic rings. The Bertz CT molecular complexity index is 200. The fourth-order valence-corrected chi connectivity index (χ4v) is 1.77. The Morgan fingerprint density at radius 1 is 1.47 bits per heavy atom. The molecule has 0 radical (unpaired) electrons. The monoisotopic (exact) mass is 213 g/mol. The number of ether oxygens (including phenoxy) is 1. The summed E-state index contributed by atoms with van der Waals surface area (Å²) in [6, 6.07) is -0.0536. The third-order valence-corrected chi connectivity index (χ3v) is 2.87. The zero-order chi connectivity index (χ0) is 11.3. The van der Waals surface area contributed by atoms with Gasteiger partial charge in [0.2, 0.25) is 0 Å². The van der Waals surface area contributed by atoms with Crippen LogP contribution in [0.2, 0.25) is 0 Å². The van der Waals surface area contributed by atoms with Gasteiger partial charge >= 0.3 is 5.97 Å². The predicted octanol–water partition coefficient (Wildman–Crippen LogP) is 1.96. The lowest BCUT2D eigenvalue weighted by atomic mass is 10.1. The molecule has 1 N–H and O–H groups in total. The number of carbonyl (C=O) groups is 1. The predicted molar refractivity (Wildman–Crippen MR) is 60.6 cm³/mol. The summed E-state index contributed by atoms with van der Waals surface area (Å²) >= 11 is 0. The van der Waals surface area contributed by atoms with E-state index in [2.05, 4.69) is 19.2 Å². The van der Waals surface area contributed by atoms with Crippen molar-refractivity contribution in [2.24, 2.45) is 11.8 Å². The molecule has 0 heterocycles. The first kappa shape index (κ1) is 12.5. The molecule has 1 aliphatic rings. The van der Waals surface area contributed by atoms with Crippen molar-refractivity contribution in [2.75, 3.05) is 13.7 Å². The molecule has 0 aromatic heterocycles. The highest BCUT2D eigenvalue weighted by atomic mass is 16.5. The number of esters is 1. The largest absolute Gasteiger partial charge is 0.468 e. The van der Waals surface area contributed by atoms with Crippen LogP contribution in [0.25, 0.3) is 0 Å². The number of carbonyl (C=O) groups excluding carboxylic acids is 1. The van der Waals surface area contributed by atoms with Gasteiger partial charge in [-0.3, -0.25) is 4.79 Å². The molecular formula is C12H23NO2. The minimum atomic E-state index is -0.0953. The standard InChI is InChI=1S/C12H23NO2/c1-9(2)5-4-8-13-11(10-6-7-10)12(14)15-3/h9-11,13H,4-8H2,1-3H3. The average Bonchev–Trinajstić information content (AvgIpc) is 3.00. The van der Waals surface area contributed by atoms with Gasteiger partial charge in [-0.2, -0.15) is 0 Å². The van der Waals surface area contributed by atoms with E-state index in [4.69, 9.17) is 4.74 Å². The maximum absolute atomic E-state index is 11.4. The second-order valence-electron chi connectivity index (χ2n) is 4.83. The van der Waals surface area contributed by atoms with Crippen LogP contribution in [0.1, 0.15) is 39.5 Å². The summed E-state index contributed by atoms with van der Waals surface area (Å²) in [4.78, 5) is 11.4. The minimum absolute atomic E-state index is 0.0536. The van der Waals surface area contributed by atoms with E-state index in [1.807, 2.05) is 0 Å². The summed E-state index contributed by atoms with van der Waals surface area (Å²) in [7, 11) is 1.47. The highest BCUT2D eigenvalue weighted by Gasteiger charge is 2.36. The van der Waals surface area contributed by atoms with Crippen LogP contribution in [-0.4, -0.2) is 25.7 Å². The molecular weight excluding hydrogens is 190 g/mol. The van der Waals surface area contributed by atoms with Crippen molar-refractivity contribution in [2.45, 2.75) is 45.6 Å². The number of hydrogen-bond donors (Lipinski definition) is 1. The summed E-state index contributed by atoms with van der Waals surface area (Å²) < 4.78 is 4.79. The topological polar surface area (TPSA) is 38.3 Å². The summed E-state index contributed by atoms with van der Waals surface area (Å²) in [5.41, 5.74) is 0. The molecule has 1 rings (SSSR count). The molecule has 0 aliphatic heterocycles. The first-order valence-corrected chi connectivity index (χ1v) is 5.96. The Hall–Kier alpha value is -0.570. The molecule has 0 saturated heterocycles. The lowest BCUT2D eigenvalue weighted by Crippen LogP contribution is -2.40. The van der Waals surface area contributed by atoms with Crippen molar-refractivity contribution in [3.63, 3.8) is 0 Å². The van der Waals surface area contributed by atoms with Crippen molar-refractivity contribution in [3.8, 4) is 0 Å². The summed E-state index contributed by atoms with van der Waals surface area (Å²) in [5, 5.41) is 3.31. The second kappa shape index (κ2) is 6.11. The van der Waals surface area contributed by atoms with Crippen LogP contribution < -0.4 is 5.32 Å². The second-order valence-corrected chi connectivity index (χ2v) is 4.83. The zero-order valence-electron chi connectivity index (χ0n) is 10.1. The van der Waals surface area contributed by atoms with Crippen LogP contribution in [0.4, 0.5) is 0 Å². The van der Waals surface area contributed by atoms with Gasteiger partial charge in [-0.15, -0.1) is 0 Å². The Morgan fingerprint density at radius 3 is 2.60 bits per heavy atom. The molecule has 15 heavy (non-hydrogen) atoms. The first-order valence-electron chi connectivity index (χ1n) is 5.96. The van der Waals surface area contributed by atoms with Crippen LogP contribution in [-0.2, 0) is 9.53 Å². The molecule has 1 atom stereocenters. The summed E-state index contributed by atoms with van der Waals surface area (Å²) in [6.07, 6.45) is 4.68. The molecule has 3 heteroatoms. The van der Waals surface area contributed by atoms with Gasteiger partial charge in [0.15, 0.2) is 0 Å². The normalized spacial score (nSPS) is 17.9. The van der Waals surface area contributed by atoms with Crippen LogP contribution in [0.3, 0.4) is 0 Å². The smallest absolute Gasteiger partial charge is 0.323 e. The number of rotatable bonds is 7. The fraction of sp³-hybridized carbons (Fsp3) is 0.917. The fourth-order valence-electron chi connectivity index (χ4n) is 1.77. The lowest BCUT2D eigenvalue weighted by molar-refractivity contribution is -0.143. The van der Waals surface area contributed by atoms with Crippen molar-refractivity contribution in [1.82, 2.24) is 5.32 Å². The zero-order valence-corrected chi connectivity index (χ0v) is 10.1. The SMILES string of the molecule is COC(=O)C(NCCCC(C)C)C1CC1. The van der Waals surface area contributed by atoms with E-state index < -0.39 is 0 Å². The molecule has 0 aromatic carbocycles. The lowest BCUT2D eigenvalue weighted by Gasteiger charge is -2.15. The van der Waals surface area contributed by atoms with E-state index in [0.29, 0.717) is 5.92 Å². The quantitative estimate of drug-likeness (QED) is 0.519. The van der Waals surface area contributed by atoms with Gasteiger partial charge in [-0.25, -0.2) is 0 Å². The van der Waals surface area contributed by atoms with Crippen LogP contribution in [0.5, 0.6) is 0 Å². The molecule has 1 saturated carbocycles. The van der Waals surface area contributed by atoms with Crippen molar-refractivity contribution >= 4 is 5.97 Å². The van der Waals surface area contributed by atoms with Crippen LogP contribution in [0.15, 0.2) is 0 Å². The third-order valence-electron chi connectivity index (χ3n) is 2.87. The molecule has 1 unspecified atom stereocenters. The van der Waals surface area contributed by atoms with Crippen molar-refractivity contribution in [3.05, 3.63) is 0 Å². The van der Waals surface area contributed by atoms with Gasteiger partial charge < -0.3 is 10.1 Å². The van der Waals surface area contributed by atoms with Crippen molar-refractivity contribution in [1.29, 1.82) is 0 Å². The van der Waals surface area contributed by atoms with Gasteiger partial charge in [0.25, 0.3) is 0 Å². The number of methoxy groups -OCH3 is 1. The van der Waals surface area contributed by atoms with Gasteiger partial charge in [-0.1, -0.05) is 13.8 Å². The van der Waals surface area contributed by atoms with Crippen LogP contribution >= 0.6 is 0 Å². The Labute approximate surface area is 92.6 Å². The maximum atomic E-state index is 11.4. The molecule has 0 spiro atoms. The number of nitrogens with one attached hydrogen (secondary N) is 1. The average molecular weight is 213 g/mol. The molecule has 0 amide bonds. The van der Waals surface area contributed by atoms with Gasteiger partial charge in [-0.05, 0) is 44.1 Å². The Morgan fingerprint density at radius 2 is 2.13 bits per heavy atom.